The molecule has 1 aliphatic rings. The van der Waals surface area contributed by atoms with Crippen LogP contribution in [0.25, 0.3) is 0 Å². The molecule has 142 valence electrons. The van der Waals surface area contributed by atoms with Gasteiger partial charge in [0.25, 0.3) is 5.60 Å². The van der Waals surface area contributed by atoms with Gasteiger partial charge in [-0.3, -0.25) is 4.90 Å². The molecule has 0 radical (unpaired) electrons. The van der Waals surface area contributed by atoms with Crippen LogP contribution in [0, 0.1) is 0 Å². The molecule has 0 saturated carbocycles. The molecule has 1 atom stereocenters. The zero-order valence-electron chi connectivity index (χ0n) is 14.2. The average molecular weight is 442 g/mol. The fourth-order valence-electron chi connectivity index (χ4n) is 2.93. The van der Waals surface area contributed by atoms with Gasteiger partial charge in [-0.2, -0.15) is 13.2 Å². The molecule has 0 saturated heterocycles. The second-order valence-corrected chi connectivity index (χ2v) is 6.82. The maximum Gasteiger partial charge on any atom is 0.436 e. The van der Waals surface area contributed by atoms with Gasteiger partial charge < -0.3 is 9.47 Å². The van der Waals surface area contributed by atoms with Crippen LogP contribution in [0.2, 0.25) is 0 Å². The third-order valence-electron chi connectivity index (χ3n) is 4.33. The van der Waals surface area contributed by atoms with Crippen molar-refractivity contribution >= 4 is 27.7 Å². The number of ether oxygens (including phenoxy) is 2. The highest BCUT2D eigenvalue weighted by molar-refractivity contribution is 9.10. The first-order valence-corrected chi connectivity index (χ1v) is 8.65. The summed E-state index contributed by atoms with van der Waals surface area (Å²) in [6.45, 7) is 3.31. The van der Waals surface area contributed by atoms with Gasteiger partial charge in [0, 0.05) is 10.0 Å². The van der Waals surface area contributed by atoms with E-state index < -0.39 is 17.9 Å². The number of carbonyl (C=O) groups is 1. The standard InChI is InChI=1S/C19H15BrF3NO3/c1-3-18(19(21,22)23)15-10-13(20)6-9-16(15)24(17(25)27-18)11-12-4-7-14(26-2)8-5-12/h3-10H,1,11H2,2H3. The molecule has 0 fully saturated rings. The molecule has 1 aliphatic heterocycles. The highest BCUT2D eigenvalue weighted by atomic mass is 79.9. The maximum absolute atomic E-state index is 13.8. The molecular formula is C19H15BrF3NO3. The van der Waals surface area contributed by atoms with Gasteiger partial charge in [-0.1, -0.05) is 34.6 Å². The number of amides is 1. The minimum Gasteiger partial charge on any atom is -0.497 e. The van der Waals surface area contributed by atoms with Crippen molar-refractivity contribution in [1.29, 1.82) is 0 Å². The van der Waals surface area contributed by atoms with Gasteiger partial charge in [0.2, 0.25) is 0 Å². The van der Waals surface area contributed by atoms with Gasteiger partial charge in [0.1, 0.15) is 5.75 Å². The Labute approximate surface area is 162 Å². The van der Waals surface area contributed by atoms with Crippen molar-refractivity contribution in [3.63, 3.8) is 0 Å². The Bertz CT molecular complexity index is 883. The number of anilines is 1. The quantitative estimate of drug-likeness (QED) is 0.583. The lowest BCUT2D eigenvalue weighted by atomic mass is 9.89. The number of hydrogen-bond acceptors (Lipinski definition) is 3. The smallest absolute Gasteiger partial charge is 0.436 e. The topological polar surface area (TPSA) is 38.8 Å². The van der Waals surface area contributed by atoms with Crippen LogP contribution >= 0.6 is 15.9 Å². The Balaban J connectivity index is 2.09. The molecule has 0 aliphatic carbocycles. The number of benzene rings is 2. The van der Waals surface area contributed by atoms with Crippen molar-refractivity contribution in [2.75, 3.05) is 12.0 Å². The average Bonchev–Trinajstić information content (AvgIpc) is 2.63. The minimum absolute atomic E-state index is 0.0442. The summed E-state index contributed by atoms with van der Waals surface area (Å²) in [7, 11) is 1.52. The third-order valence-corrected chi connectivity index (χ3v) is 4.82. The third kappa shape index (κ3) is 3.29. The molecule has 2 aromatic rings. The summed E-state index contributed by atoms with van der Waals surface area (Å²) in [5.41, 5.74) is -2.28. The molecule has 2 aromatic carbocycles. The number of methoxy groups -OCH3 is 1. The summed E-state index contributed by atoms with van der Waals surface area (Å²) in [6, 6.07) is 11.2. The number of fused-ring (bicyclic) bond motifs is 1. The molecule has 1 unspecified atom stereocenters. The zero-order valence-corrected chi connectivity index (χ0v) is 15.8. The highest BCUT2D eigenvalue weighted by Crippen LogP contribution is 2.50. The van der Waals surface area contributed by atoms with Gasteiger partial charge >= 0.3 is 12.3 Å². The van der Waals surface area contributed by atoms with Gasteiger partial charge in [0.15, 0.2) is 0 Å². The van der Waals surface area contributed by atoms with Crippen molar-refractivity contribution in [2.24, 2.45) is 0 Å². The lowest BCUT2D eigenvalue weighted by molar-refractivity contribution is -0.244. The van der Waals surface area contributed by atoms with Crippen molar-refractivity contribution in [3.8, 4) is 5.75 Å². The van der Waals surface area contributed by atoms with E-state index in [-0.39, 0.29) is 17.8 Å². The van der Waals surface area contributed by atoms with Crippen molar-refractivity contribution < 1.29 is 27.4 Å². The Morgan fingerprint density at radius 2 is 1.93 bits per heavy atom. The van der Waals surface area contributed by atoms with E-state index >= 15 is 0 Å². The van der Waals surface area contributed by atoms with Gasteiger partial charge in [0.05, 0.1) is 19.3 Å². The number of halogens is 4. The molecule has 0 bridgehead atoms. The monoisotopic (exact) mass is 441 g/mol. The summed E-state index contributed by atoms with van der Waals surface area (Å²) in [4.78, 5) is 13.7. The predicted octanol–water partition coefficient (Wildman–Crippen LogP) is 5.56. The second-order valence-electron chi connectivity index (χ2n) is 5.90. The number of cyclic esters (lactones) is 1. The molecule has 4 nitrogen and oxygen atoms in total. The highest BCUT2D eigenvalue weighted by Gasteiger charge is 2.61. The number of rotatable bonds is 4. The lowest BCUT2D eigenvalue weighted by Crippen LogP contribution is -2.52. The van der Waals surface area contributed by atoms with E-state index in [2.05, 4.69) is 22.5 Å². The Kier molecular flexibility index (Phi) is 4.94. The van der Waals surface area contributed by atoms with Gasteiger partial charge in [-0.05, 0) is 42.0 Å². The summed E-state index contributed by atoms with van der Waals surface area (Å²) in [5.74, 6) is 0.632. The molecule has 1 heterocycles. The summed E-state index contributed by atoms with van der Waals surface area (Å²) in [5, 5.41) is 0. The number of nitrogens with zero attached hydrogens (tertiary/aromatic N) is 1. The van der Waals surface area contributed by atoms with E-state index in [1.807, 2.05) is 0 Å². The molecule has 0 aromatic heterocycles. The summed E-state index contributed by atoms with van der Waals surface area (Å²) in [6.07, 6.45) is -5.34. The van der Waals surface area contributed by atoms with E-state index in [9.17, 15) is 18.0 Å². The normalized spacial score (nSPS) is 19.3. The Hall–Kier alpha value is -2.48. The Morgan fingerprint density at radius 3 is 2.48 bits per heavy atom. The second kappa shape index (κ2) is 6.92. The first kappa shape index (κ1) is 19.3. The molecule has 8 heteroatoms. The first-order chi connectivity index (χ1) is 12.7. The first-order valence-electron chi connectivity index (χ1n) is 7.85. The molecule has 3 rings (SSSR count). The van der Waals surface area contributed by atoms with Crippen LogP contribution in [-0.2, 0) is 16.9 Å². The van der Waals surface area contributed by atoms with Crippen LogP contribution in [0.4, 0.5) is 23.7 Å². The minimum atomic E-state index is -4.86. The fourth-order valence-corrected chi connectivity index (χ4v) is 3.29. The van der Waals surface area contributed by atoms with Gasteiger partial charge in [-0.15, -0.1) is 0 Å². The van der Waals surface area contributed by atoms with E-state index in [0.717, 1.165) is 4.90 Å². The van der Waals surface area contributed by atoms with E-state index in [4.69, 9.17) is 9.47 Å². The van der Waals surface area contributed by atoms with Crippen molar-refractivity contribution in [3.05, 3.63) is 70.7 Å². The number of carbonyl (C=O) groups excluding carboxylic acids is 1. The number of alkyl halides is 3. The van der Waals surface area contributed by atoms with Gasteiger partial charge in [-0.25, -0.2) is 4.79 Å². The van der Waals surface area contributed by atoms with Crippen molar-refractivity contribution in [2.45, 2.75) is 18.3 Å². The van der Waals surface area contributed by atoms with Crippen LogP contribution < -0.4 is 9.64 Å². The summed E-state index contributed by atoms with van der Waals surface area (Å²) < 4.78 is 51.9. The van der Waals surface area contributed by atoms with E-state index in [1.165, 1.54) is 19.2 Å². The molecule has 0 N–H and O–H groups in total. The van der Waals surface area contributed by atoms with Crippen LogP contribution in [-0.4, -0.2) is 19.4 Å². The largest absolute Gasteiger partial charge is 0.497 e. The van der Waals surface area contributed by atoms with E-state index in [0.29, 0.717) is 21.9 Å². The maximum atomic E-state index is 13.8. The number of hydrogen-bond donors (Lipinski definition) is 0. The van der Waals surface area contributed by atoms with Crippen LogP contribution in [0.5, 0.6) is 5.75 Å². The van der Waals surface area contributed by atoms with Crippen LogP contribution in [0.3, 0.4) is 0 Å². The molecule has 0 spiro atoms. The SMILES string of the molecule is C=CC1(C(F)(F)F)OC(=O)N(Cc2ccc(OC)cc2)c2ccc(Br)cc21. The predicted molar refractivity (Wildman–Crippen MR) is 97.7 cm³/mol. The molecule has 27 heavy (non-hydrogen) atoms. The molecule has 1 amide bonds. The molecular weight excluding hydrogens is 427 g/mol. The van der Waals surface area contributed by atoms with Crippen LogP contribution in [0.15, 0.2) is 59.6 Å². The van der Waals surface area contributed by atoms with Crippen LogP contribution in [0.1, 0.15) is 11.1 Å². The van der Waals surface area contributed by atoms with E-state index in [1.54, 1.807) is 30.3 Å². The summed E-state index contributed by atoms with van der Waals surface area (Å²) >= 11 is 3.18. The zero-order chi connectivity index (χ0) is 19.8. The Morgan fingerprint density at radius 1 is 1.26 bits per heavy atom. The fraction of sp³-hybridized carbons (Fsp3) is 0.211. The van der Waals surface area contributed by atoms with Crippen molar-refractivity contribution in [1.82, 2.24) is 0 Å². The lowest BCUT2D eigenvalue weighted by Gasteiger charge is -2.41.